The first-order valence-electron chi connectivity index (χ1n) is 8.29. The number of anilines is 1. The van der Waals surface area contributed by atoms with Gasteiger partial charge in [0.05, 0.1) is 18.7 Å². The van der Waals surface area contributed by atoms with Crippen molar-refractivity contribution in [3.8, 4) is 5.75 Å². The fourth-order valence-electron chi connectivity index (χ4n) is 3.25. The minimum absolute atomic E-state index is 0.182. The Hall–Kier alpha value is -2.82. The van der Waals surface area contributed by atoms with Crippen LogP contribution < -0.4 is 10.1 Å². The van der Waals surface area contributed by atoms with Gasteiger partial charge in [0.25, 0.3) is 0 Å². The summed E-state index contributed by atoms with van der Waals surface area (Å²) in [5, 5.41) is 7.90. The van der Waals surface area contributed by atoms with Gasteiger partial charge in [-0.25, -0.2) is 4.68 Å². The van der Waals surface area contributed by atoms with Crippen molar-refractivity contribution in [1.82, 2.24) is 14.8 Å². The Bertz CT molecular complexity index is 798. The van der Waals surface area contributed by atoms with E-state index in [0.29, 0.717) is 6.61 Å². The lowest BCUT2D eigenvalue weighted by atomic mass is 9.93. The highest BCUT2D eigenvalue weighted by molar-refractivity contribution is 5.39. The van der Waals surface area contributed by atoms with Crippen LogP contribution in [0.4, 0.5) is 5.95 Å². The first-order valence-corrected chi connectivity index (χ1v) is 8.29. The predicted octanol–water partition coefficient (Wildman–Crippen LogP) is 3.82. The molecule has 2 atom stereocenters. The largest absolute Gasteiger partial charge is 0.494 e. The molecule has 2 heterocycles. The van der Waals surface area contributed by atoms with Gasteiger partial charge in [-0.05, 0) is 36.6 Å². The molecular weight excluding hydrogens is 300 g/mol. The Morgan fingerprint density at radius 3 is 2.62 bits per heavy atom. The van der Waals surface area contributed by atoms with Crippen LogP contribution in [0.2, 0.25) is 0 Å². The van der Waals surface area contributed by atoms with Gasteiger partial charge in [0.2, 0.25) is 5.95 Å². The maximum Gasteiger partial charge on any atom is 0.222 e. The fraction of sp³-hybridized carbons (Fsp3) is 0.263. The summed E-state index contributed by atoms with van der Waals surface area (Å²) in [6.45, 7) is 2.67. The summed E-state index contributed by atoms with van der Waals surface area (Å²) in [5.74, 6) is 1.72. The molecule has 1 N–H and O–H groups in total. The molecule has 0 aliphatic carbocycles. The van der Waals surface area contributed by atoms with Gasteiger partial charge < -0.3 is 10.1 Å². The van der Waals surface area contributed by atoms with Gasteiger partial charge in [-0.3, -0.25) is 0 Å². The highest BCUT2D eigenvalue weighted by Gasteiger charge is 2.29. The molecule has 4 rings (SSSR count). The summed E-state index contributed by atoms with van der Waals surface area (Å²) in [7, 11) is 0. The molecule has 0 spiro atoms. The second kappa shape index (κ2) is 6.35. The Morgan fingerprint density at radius 1 is 1.08 bits per heavy atom. The molecule has 0 radical (unpaired) electrons. The van der Waals surface area contributed by atoms with Crippen LogP contribution in [0, 0.1) is 0 Å². The van der Waals surface area contributed by atoms with E-state index in [1.54, 1.807) is 6.33 Å². The van der Waals surface area contributed by atoms with Crippen LogP contribution in [0.25, 0.3) is 0 Å². The van der Waals surface area contributed by atoms with Crippen LogP contribution in [-0.2, 0) is 0 Å². The quantitative estimate of drug-likeness (QED) is 0.794. The van der Waals surface area contributed by atoms with E-state index >= 15 is 0 Å². The molecule has 0 amide bonds. The van der Waals surface area contributed by atoms with Crippen LogP contribution in [0.1, 0.15) is 36.6 Å². The summed E-state index contributed by atoms with van der Waals surface area (Å²) in [4.78, 5) is 4.37. The van der Waals surface area contributed by atoms with Gasteiger partial charge >= 0.3 is 0 Å². The molecule has 1 aliphatic heterocycles. The summed E-state index contributed by atoms with van der Waals surface area (Å²) in [5.41, 5.74) is 2.48. The monoisotopic (exact) mass is 320 g/mol. The third-order valence-electron chi connectivity index (χ3n) is 4.41. The lowest BCUT2D eigenvalue weighted by molar-refractivity contribution is 0.340. The second-order valence-electron chi connectivity index (χ2n) is 5.89. The lowest BCUT2D eigenvalue weighted by Gasteiger charge is -2.31. The summed E-state index contributed by atoms with van der Waals surface area (Å²) in [6.07, 6.45) is 2.53. The number of rotatable bonds is 4. The smallest absolute Gasteiger partial charge is 0.222 e. The second-order valence-corrected chi connectivity index (χ2v) is 5.89. The van der Waals surface area contributed by atoms with Crippen molar-refractivity contribution in [2.24, 2.45) is 0 Å². The number of nitrogens with one attached hydrogen (secondary N) is 1. The number of hydrogen-bond donors (Lipinski definition) is 1. The summed E-state index contributed by atoms with van der Waals surface area (Å²) < 4.78 is 7.51. The van der Waals surface area contributed by atoms with Gasteiger partial charge in [-0.1, -0.05) is 42.5 Å². The molecule has 5 nitrogen and oxygen atoms in total. The van der Waals surface area contributed by atoms with E-state index < -0.39 is 0 Å². The average Bonchev–Trinajstić information content (AvgIpc) is 3.11. The van der Waals surface area contributed by atoms with Gasteiger partial charge in [0, 0.05) is 0 Å². The van der Waals surface area contributed by atoms with Gasteiger partial charge in [-0.15, -0.1) is 0 Å². The maximum absolute atomic E-state index is 5.54. The number of aromatic nitrogens is 3. The molecule has 24 heavy (non-hydrogen) atoms. The zero-order chi connectivity index (χ0) is 16.4. The standard InChI is InChI=1S/C19H20N4O/c1-2-24-16-10-8-14(9-11-16)17-12-18(15-6-4-3-5-7-15)23-19(22-17)20-13-21-23/h3-11,13,17-18H,2,12H2,1H3,(H,20,21,22)/t17-,18-/m1/s1. The molecule has 3 aromatic rings. The van der Waals surface area contributed by atoms with E-state index in [2.05, 4.69) is 51.8 Å². The summed E-state index contributed by atoms with van der Waals surface area (Å²) >= 11 is 0. The summed E-state index contributed by atoms with van der Waals surface area (Å²) in [6, 6.07) is 19.1. The number of benzene rings is 2. The fourth-order valence-corrected chi connectivity index (χ4v) is 3.25. The third-order valence-corrected chi connectivity index (χ3v) is 4.41. The van der Waals surface area contributed by atoms with E-state index in [1.807, 2.05) is 29.8 Å². The van der Waals surface area contributed by atoms with Gasteiger partial charge in [0.15, 0.2) is 0 Å². The van der Waals surface area contributed by atoms with Gasteiger partial charge in [-0.2, -0.15) is 10.1 Å². The van der Waals surface area contributed by atoms with Crippen molar-refractivity contribution >= 4 is 5.95 Å². The van der Waals surface area contributed by atoms with Crippen molar-refractivity contribution in [2.45, 2.75) is 25.4 Å². The van der Waals surface area contributed by atoms with Crippen LogP contribution in [0.3, 0.4) is 0 Å². The number of ether oxygens (including phenoxy) is 1. The maximum atomic E-state index is 5.54. The molecular formula is C19H20N4O. The Labute approximate surface area is 141 Å². The molecule has 5 heteroatoms. The minimum atomic E-state index is 0.182. The number of hydrogen-bond acceptors (Lipinski definition) is 4. The normalized spacial score (nSPS) is 19.4. The highest BCUT2D eigenvalue weighted by atomic mass is 16.5. The van der Waals surface area contributed by atoms with Crippen molar-refractivity contribution < 1.29 is 4.74 Å². The van der Waals surface area contributed by atoms with Crippen LogP contribution in [-0.4, -0.2) is 21.4 Å². The SMILES string of the molecule is CCOc1ccc([C@H]2C[C@H](c3ccccc3)n3ncnc3N2)cc1. The van der Waals surface area contributed by atoms with E-state index in [0.717, 1.165) is 18.1 Å². The van der Waals surface area contributed by atoms with E-state index in [-0.39, 0.29) is 12.1 Å². The predicted molar refractivity (Wildman–Crippen MR) is 93.2 cm³/mol. The van der Waals surface area contributed by atoms with Crippen LogP contribution in [0.15, 0.2) is 60.9 Å². The van der Waals surface area contributed by atoms with Crippen LogP contribution >= 0.6 is 0 Å². The molecule has 0 bridgehead atoms. The Morgan fingerprint density at radius 2 is 1.88 bits per heavy atom. The van der Waals surface area contributed by atoms with Crippen molar-refractivity contribution in [3.05, 3.63) is 72.1 Å². The first kappa shape index (κ1) is 14.8. The zero-order valence-electron chi connectivity index (χ0n) is 13.6. The molecule has 0 fully saturated rings. The average molecular weight is 320 g/mol. The molecule has 0 saturated carbocycles. The van der Waals surface area contributed by atoms with Crippen molar-refractivity contribution in [2.75, 3.05) is 11.9 Å². The van der Waals surface area contributed by atoms with Crippen molar-refractivity contribution in [1.29, 1.82) is 0 Å². The third kappa shape index (κ3) is 2.73. The molecule has 0 unspecified atom stereocenters. The number of nitrogens with zero attached hydrogens (tertiary/aromatic N) is 3. The van der Waals surface area contributed by atoms with Crippen LogP contribution in [0.5, 0.6) is 5.75 Å². The number of fused-ring (bicyclic) bond motifs is 1. The molecule has 0 saturated heterocycles. The molecule has 1 aliphatic rings. The minimum Gasteiger partial charge on any atom is -0.494 e. The van der Waals surface area contributed by atoms with E-state index in [4.69, 9.17) is 4.74 Å². The first-order chi connectivity index (χ1) is 11.8. The lowest BCUT2D eigenvalue weighted by Crippen LogP contribution is -2.28. The molecule has 122 valence electrons. The Kier molecular flexibility index (Phi) is 3.91. The molecule has 1 aromatic heterocycles. The highest BCUT2D eigenvalue weighted by Crippen LogP contribution is 2.37. The van der Waals surface area contributed by atoms with E-state index in [9.17, 15) is 0 Å². The van der Waals surface area contributed by atoms with E-state index in [1.165, 1.54) is 11.1 Å². The molecule has 2 aromatic carbocycles. The van der Waals surface area contributed by atoms with Gasteiger partial charge in [0.1, 0.15) is 12.1 Å². The zero-order valence-corrected chi connectivity index (χ0v) is 13.6. The van der Waals surface area contributed by atoms with Crippen molar-refractivity contribution in [3.63, 3.8) is 0 Å². The topological polar surface area (TPSA) is 52.0 Å². The Balaban J connectivity index is 1.64.